The van der Waals surface area contributed by atoms with Gasteiger partial charge in [0.1, 0.15) is 0 Å². The molecule has 1 aliphatic rings. The molecule has 70 valence electrons. The van der Waals surface area contributed by atoms with E-state index in [9.17, 15) is 0 Å². The molecule has 1 heterocycles. The Morgan fingerprint density at radius 2 is 2.08 bits per heavy atom. The van der Waals surface area contributed by atoms with E-state index in [-0.39, 0.29) is 0 Å². The summed E-state index contributed by atoms with van der Waals surface area (Å²) < 4.78 is 0. The molecule has 1 aromatic carbocycles. The van der Waals surface area contributed by atoms with Crippen molar-refractivity contribution in [1.82, 2.24) is 4.90 Å². The van der Waals surface area contributed by atoms with Crippen LogP contribution in [-0.2, 0) is 6.54 Å². The van der Waals surface area contributed by atoms with Crippen molar-refractivity contribution in [2.24, 2.45) is 5.73 Å². The topological polar surface area (TPSA) is 29.3 Å². The molecule has 2 nitrogen and oxygen atoms in total. The van der Waals surface area contributed by atoms with E-state index in [0.29, 0.717) is 6.04 Å². The maximum absolute atomic E-state index is 5.64. The number of hydrogen-bond acceptors (Lipinski definition) is 2. The van der Waals surface area contributed by atoms with Crippen LogP contribution in [0.3, 0.4) is 0 Å². The van der Waals surface area contributed by atoms with Gasteiger partial charge >= 0.3 is 0 Å². The van der Waals surface area contributed by atoms with Gasteiger partial charge < -0.3 is 5.73 Å². The lowest BCUT2D eigenvalue weighted by Crippen LogP contribution is -2.50. The van der Waals surface area contributed by atoms with Crippen LogP contribution in [0.25, 0.3) is 0 Å². The summed E-state index contributed by atoms with van der Waals surface area (Å²) in [4.78, 5) is 2.44. The first kappa shape index (κ1) is 8.73. The molecule has 1 atom stereocenters. The van der Waals surface area contributed by atoms with Gasteiger partial charge in [-0.2, -0.15) is 0 Å². The number of rotatable bonds is 3. The Morgan fingerprint density at radius 3 is 2.62 bits per heavy atom. The Balaban J connectivity index is 1.92. The van der Waals surface area contributed by atoms with Crippen molar-refractivity contribution in [3.05, 3.63) is 35.9 Å². The highest BCUT2D eigenvalue weighted by Crippen LogP contribution is 2.18. The smallest absolute Gasteiger partial charge is 0.0237 e. The van der Waals surface area contributed by atoms with Crippen LogP contribution >= 0.6 is 0 Å². The zero-order chi connectivity index (χ0) is 9.10. The summed E-state index contributed by atoms with van der Waals surface area (Å²) in [7, 11) is 0. The van der Waals surface area contributed by atoms with Crippen LogP contribution in [0.15, 0.2) is 30.3 Å². The summed E-state index contributed by atoms with van der Waals surface area (Å²) in [5.74, 6) is 0. The van der Waals surface area contributed by atoms with E-state index in [1.807, 2.05) is 0 Å². The van der Waals surface area contributed by atoms with E-state index in [0.717, 1.165) is 13.1 Å². The van der Waals surface area contributed by atoms with E-state index in [4.69, 9.17) is 5.73 Å². The molecule has 1 unspecified atom stereocenters. The summed E-state index contributed by atoms with van der Waals surface area (Å²) >= 11 is 0. The molecule has 1 aromatic rings. The van der Waals surface area contributed by atoms with Crippen molar-refractivity contribution < 1.29 is 0 Å². The second kappa shape index (κ2) is 3.90. The molecule has 0 aliphatic carbocycles. The Labute approximate surface area is 79.4 Å². The van der Waals surface area contributed by atoms with Crippen LogP contribution in [0.2, 0.25) is 0 Å². The molecule has 13 heavy (non-hydrogen) atoms. The largest absolute Gasteiger partial charge is 0.329 e. The molecule has 0 saturated carbocycles. The monoisotopic (exact) mass is 176 g/mol. The number of nitrogens with zero attached hydrogens (tertiary/aromatic N) is 1. The molecular weight excluding hydrogens is 160 g/mol. The van der Waals surface area contributed by atoms with Gasteiger partial charge in [-0.15, -0.1) is 0 Å². The fraction of sp³-hybridized carbons (Fsp3) is 0.455. The first-order valence-corrected chi connectivity index (χ1v) is 4.88. The third kappa shape index (κ3) is 1.90. The predicted molar refractivity (Wildman–Crippen MR) is 54.3 cm³/mol. The summed E-state index contributed by atoms with van der Waals surface area (Å²) in [6.45, 7) is 3.06. The summed E-state index contributed by atoms with van der Waals surface area (Å²) in [6.07, 6.45) is 1.27. The molecule has 0 spiro atoms. The van der Waals surface area contributed by atoms with E-state index >= 15 is 0 Å². The third-order valence-corrected chi connectivity index (χ3v) is 2.77. The fourth-order valence-electron chi connectivity index (χ4n) is 1.79. The van der Waals surface area contributed by atoms with Crippen molar-refractivity contribution in [2.45, 2.75) is 19.0 Å². The van der Waals surface area contributed by atoms with Gasteiger partial charge in [-0.1, -0.05) is 30.3 Å². The van der Waals surface area contributed by atoms with Gasteiger partial charge in [0.2, 0.25) is 0 Å². The molecule has 2 N–H and O–H groups in total. The van der Waals surface area contributed by atoms with E-state index in [1.165, 1.54) is 18.5 Å². The highest BCUT2D eigenvalue weighted by molar-refractivity contribution is 5.15. The second-order valence-electron chi connectivity index (χ2n) is 3.63. The first-order chi connectivity index (χ1) is 6.40. The van der Waals surface area contributed by atoms with Gasteiger partial charge in [-0.25, -0.2) is 0 Å². The average Bonchev–Trinajstić information content (AvgIpc) is 2.15. The first-order valence-electron chi connectivity index (χ1n) is 4.88. The van der Waals surface area contributed by atoms with Crippen molar-refractivity contribution in [3.63, 3.8) is 0 Å². The number of nitrogens with two attached hydrogens (primary N) is 1. The summed E-state index contributed by atoms with van der Waals surface area (Å²) in [6, 6.07) is 11.2. The molecule has 2 heteroatoms. The van der Waals surface area contributed by atoms with Gasteiger partial charge in [0.25, 0.3) is 0 Å². The van der Waals surface area contributed by atoms with Gasteiger partial charge in [-0.3, -0.25) is 4.90 Å². The normalized spacial score (nSPS) is 22.7. The third-order valence-electron chi connectivity index (χ3n) is 2.77. The molecule has 0 amide bonds. The maximum Gasteiger partial charge on any atom is 0.0237 e. The zero-order valence-electron chi connectivity index (χ0n) is 7.82. The highest BCUT2D eigenvalue weighted by Gasteiger charge is 2.25. The maximum atomic E-state index is 5.64. The van der Waals surface area contributed by atoms with Gasteiger partial charge in [0.05, 0.1) is 0 Å². The average molecular weight is 176 g/mol. The Kier molecular flexibility index (Phi) is 2.62. The quantitative estimate of drug-likeness (QED) is 0.750. The summed E-state index contributed by atoms with van der Waals surface area (Å²) in [5.41, 5.74) is 7.03. The number of likely N-dealkylation sites (tertiary alicyclic amines) is 1. The Morgan fingerprint density at radius 1 is 1.31 bits per heavy atom. The second-order valence-corrected chi connectivity index (χ2v) is 3.63. The van der Waals surface area contributed by atoms with Gasteiger partial charge in [0.15, 0.2) is 0 Å². The SMILES string of the molecule is NCC1CCN1Cc1ccccc1. The van der Waals surface area contributed by atoms with Crippen molar-refractivity contribution in [3.8, 4) is 0 Å². The Hall–Kier alpha value is -0.860. The molecule has 0 radical (unpaired) electrons. The van der Waals surface area contributed by atoms with Crippen molar-refractivity contribution in [1.29, 1.82) is 0 Å². The molecule has 1 fully saturated rings. The minimum absolute atomic E-state index is 0.625. The molecule has 2 rings (SSSR count). The molecule has 1 aliphatic heterocycles. The standard InChI is InChI=1S/C11H16N2/c12-8-11-6-7-13(11)9-10-4-2-1-3-5-10/h1-5,11H,6-9,12H2. The van der Waals surface area contributed by atoms with Gasteiger partial charge in [0, 0.05) is 25.7 Å². The van der Waals surface area contributed by atoms with E-state index < -0.39 is 0 Å². The van der Waals surface area contributed by atoms with Crippen LogP contribution in [-0.4, -0.2) is 24.0 Å². The summed E-state index contributed by atoms with van der Waals surface area (Å²) in [5, 5.41) is 0. The minimum atomic E-state index is 0.625. The highest BCUT2D eigenvalue weighted by atomic mass is 15.2. The van der Waals surface area contributed by atoms with Crippen LogP contribution in [0.1, 0.15) is 12.0 Å². The van der Waals surface area contributed by atoms with Crippen LogP contribution < -0.4 is 5.73 Å². The molecule has 0 bridgehead atoms. The van der Waals surface area contributed by atoms with Crippen LogP contribution in [0.4, 0.5) is 0 Å². The van der Waals surface area contributed by atoms with Crippen LogP contribution in [0, 0.1) is 0 Å². The van der Waals surface area contributed by atoms with Crippen molar-refractivity contribution in [2.75, 3.05) is 13.1 Å². The lowest BCUT2D eigenvalue weighted by Gasteiger charge is -2.40. The van der Waals surface area contributed by atoms with E-state index in [1.54, 1.807) is 0 Å². The molecule has 0 aromatic heterocycles. The lowest BCUT2D eigenvalue weighted by atomic mass is 10.0. The van der Waals surface area contributed by atoms with Gasteiger partial charge in [-0.05, 0) is 12.0 Å². The fourth-order valence-corrected chi connectivity index (χ4v) is 1.79. The number of hydrogen-bond donors (Lipinski definition) is 1. The van der Waals surface area contributed by atoms with Crippen molar-refractivity contribution >= 4 is 0 Å². The Bertz CT molecular complexity index is 256. The van der Waals surface area contributed by atoms with Crippen LogP contribution in [0.5, 0.6) is 0 Å². The molecular formula is C11H16N2. The number of benzene rings is 1. The molecule has 1 saturated heterocycles. The minimum Gasteiger partial charge on any atom is -0.329 e. The lowest BCUT2D eigenvalue weighted by molar-refractivity contribution is 0.0882. The zero-order valence-corrected chi connectivity index (χ0v) is 7.82. The van der Waals surface area contributed by atoms with E-state index in [2.05, 4.69) is 35.2 Å². The predicted octanol–water partition coefficient (Wildman–Crippen LogP) is 1.22.